The summed E-state index contributed by atoms with van der Waals surface area (Å²) in [5.41, 5.74) is 0.900. The van der Waals surface area contributed by atoms with Gasteiger partial charge in [0, 0.05) is 12.6 Å². The molecule has 1 N–H and O–H groups in total. The molecule has 0 saturated carbocycles. The van der Waals surface area contributed by atoms with Gasteiger partial charge in [-0.1, -0.05) is 12.1 Å². The molecule has 2 aromatic rings. The fourth-order valence-corrected chi connectivity index (χ4v) is 3.08. The lowest BCUT2D eigenvalue weighted by Gasteiger charge is -2.29. The van der Waals surface area contributed by atoms with Crippen LogP contribution in [0.2, 0.25) is 0 Å². The molecular formula is C15H14N2O4S. The SMILES string of the molecule is O=C(O)C1CN(C(=O)/C=C/c2nc3ccccc3s2)CCO1. The van der Waals surface area contributed by atoms with Crippen molar-refractivity contribution in [1.29, 1.82) is 0 Å². The molecule has 1 aliphatic rings. The number of carboxylic acids is 1. The molecule has 0 radical (unpaired) electrons. The van der Waals surface area contributed by atoms with Crippen molar-refractivity contribution >= 4 is 39.5 Å². The molecule has 1 atom stereocenters. The van der Waals surface area contributed by atoms with Gasteiger partial charge < -0.3 is 14.7 Å². The first kappa shape index (κ1) is 14.7. The average Bonchev–Trinajstić information content (AvgIpc) is 2.95. The molecule has 0 spiro atoms. The maximum absolute atomic E-state index is 12.1. The predicted molar refractivity (Wildman–Crippen MR) is 82.6 cm³/mol. The highest BCUT2D eigenvalue weighted by Gasteiger charge is 2.27. The first-order valence-electron chi connectivity index (χ1n) is 6.80. The molecule has 3 rings (SSSR count). The van der Waals surface area contributed by atoms with Gasteiger partial charge in [0.2, 0.25) is 5.91 Å². The minimum absolute atomic E-state index is 0.0678. The maximum Gasteiger partial charge on any atom is 0.334 e. The molecule has 1 fully saturated rings. The van der Waals surface area contributed by atoms with Crippen molar-refractivity contribution < 1.29 is 19.4 Å². The quantitative estimate of drug-likeness (QED) is 0.870. The Morgan fingerprint density at radius 1 is 1.41 bits per heavy atom. The topological polar surface area (TPSA) is 79.7 Å². The van der Waals surface area contributed by atoms with Crippen LogP contribution in [-0.2, 0) is 14.3 Å². The second-order valence-electron chi connectivity index (χ2n) is 4.84. The van der Waals surface area contributed by atoms with Crippen LogP contribution in [0.15, 0.2) is 30.3 Å². The van der Waals surface area contributed by atoms with Gasteiger partial charge in [0.05, 0.1) is 23.4 Å². The van der Waals surface area contributed by atoms with Gasteiger partial charge in [-0.2, -0.15) is 0 Å². The summed E-state index contributed by atoms with van der Waals surface area (Å²) in [6, 6.07) is 7.76. The fourth-order valence-electron chi connectivity index (χ4n) is 2.21. The summed E-state index contributed by atoms with van der Waals surface area (Å²) in [5, 5.41) is 9.68. The summed E-state index contributed by atoms with van der Waals surface area (Å²) in [6.07, 6.45) is 2.15. The standard InChI is InChI=1S/C15H14N2O4S/c18-14(17-7-8-21-11(9-17)15(19)20)6-5-13-16-10-3-1-2-4-12(10)22-13/h1-6,11H,7-9H2,(H,19,20)/b6-5+. The molecule has 1 amide bonds. The van der Waals surface area contributed by atoms with Crippen LogP contribution in [0.5, 0.6) is 0 Å². The lowest BCUT2D eigenvalue weighted by atomic mass is 10.2. The number of carbonyl (C=O) groups is 2. The number of fused-ring (bicyclic) bond motifs is 1. The van der Waals surface area contributed by atoms with Crippen LogP contribution in [-0.4, -0.2) is 52.7 Å². The van der Waals surface area contributed by atoms with Crippen LogP contribution in [0, 0.1) is 0 Å². The number of benzene rings is 1. The molecule has 22 heavy (non-hydrogen) atoms. The molecule has 1 saturated heterocycles. The monoisotopic (exact) mass is 318 g/mol. The predicted octanol–water partition coefficient (Wildman–Crippen LogP) is 1.62. The third kappa shape index (κ3) is 3.15. The van der Waals surface area contributed by atoms with Crippen LogP contribution in [0.25, 0.3) is 16.3 Å². The second kappa shape index (κ2) is 6.25. The summed E-state index contributed by atoms with van der Waals surface area (Å²) >= 11 is 1.50. The number of ether oxygens (including phenoxy) is 1. The summed E-state index contributed by atoms with van der Waals surface area (Å²) in [5.74, 6) is -1.28. The Morgan fingerprint density at radius 3 is 3.00 bits per heavy atom. The Hall–Kier alpha value is -2.25. The summed E-state index contributed by atoms with van der Waals surface area (Å²) in [4.78, 5) is 28.9. The number of thiazole rings is 1. The molecular weight excluding hydrogens is 304 g/mol. The Bertz CT molecular complexity index is 707. The molecule has 2 heterocycles. The third-order valence-corrected chi connectivity index (χ3v) is 4.33. The smallest absolute Gasteiger partial charge is 0.334 e. The number of rotatable bonds is 3. The number of hydrogen-bond acceptors (Lipinski definition) is 5. The van der Waals surface area contributed by atoms with Crippen molar-refractivity contribution in [3.63, 3.8) is 0 Å². The number of carboxylic acid groups (broad SMARTS) is 1. The van der Waals surface area contributed by atoms with Crippen LogP contribution in [0.4, 0.5) is 0 Å². The molecule has 1 aromatic heterocycles. The largest absolute Gasteiger partial charge is 0.479 e. The third-order valence-electron chi connectivity index (χ3n) is 3.33. The Morgan fingerprint density at radius 2 is 2.23 bits per heavy atom. The molecule has 1 unspecified atom stereocenters. The van der Waals surface area contributed by atoms with E-state index < -0.39 is 12.1 Å². The highest BCUT2D eigenvalue weighted by molar-refractivity contribution is 7.19. The maximum atomic E-state index is 12.1. The van der Waals surface area contributed by atoms with Gasteiger partial charge in [-0.25, -0.2) is 9.78 Å². The van der Waals surface area contributed by atoms with Gasteiger partial charge in [0.25, 0.3) is 0 Å². The zero-order chi connectivity index (χ0) is 15.5. The number of amides is 1. The zero-order valence-electron chi connectivity index (χ0n) is 11.6. The highest BCUT2D eigenvalue weighted by atomic mass is 32.1. The van der Waals surface area contributed by atoms with Crippen molar-refractivity contribution in [3.05, 3.63) is 35.3 Å². The van der Waals surface area contributed by atoms with Crippen LogP contribution >= 0.6 is 11.3 Å². The van der Waals surface area contributed by atoms with Gasteiger partial charge >= 0.3 is 5.97 Å². The van der Waals surface area contributed by atoms with Crippen molar-refractivity contribution in [3.8, 4) is 0 Å². The number of para-hydroxylation sites is 1. The summed E-state index contributed by atoms with van der Waals surface area (Å²) in [6.45, 7) is 0.697. The Labute approximate surface area is 130 Å². The highest BCUT2D eigenvalue weighted by Crippen LogP contribution is 2.22. The number of hydrogen-bond donors (Lipinski definition) is 1. The molecule has 1 aliphatic heterocycles. The van der Waals surface area contributed by atoms with Gasteiger partial charge in [0.1, 0.15) is 5.01 Å². The molecule has 0 bridgehead atoms. The van der Waals surface area contributed by atoms with E-state index in [0.29, 0.717) is 6.54 Å². The molecule has 0 aliphatic carbocycles. The van der Waals surface area contributed by atoms with Gasteiger partial charge in [-0.15, -0.1) is 11.3 Å². The number of aliphatic carboxylic acids is 1. The van der Waals surface area contributed by atoms with Crippen molar-refractivity contribution in [2.45, 2.75) is 6.10 Å². The lowest BCUT2D eigenvalue weighted by Crippen LogP contribution is -2.48. The minimum Gasteiger partial charge on any atom is -0.479 e. The number of aromatic nitrogens is 1. The number of nitrogens with zero attached hydrogens (tertiary/aromatic N) is 2. The minimum atomic E-state index is -1.05. The van der Waals surface area contributed by atoms with E-state index in [1.165, 1.54) is 22.3 Å². The van der Waals surface area contributed by atoms with E-state index in [4.69, 9.17) is 9.84 Å². The number of carbonyl (C=O) groups excluding carboxylic acids is 1. The van der Waals surface area contributed by atoms with E-state index >= 15 is 0 Å². The first-order chi connectivity index (χ1) is 10.6. The molecule has 7 heteroatoms. The fraction of sp³-hybridized carbons (Fsp3) is 0.267. The molecule has 1 aromatic carbocycles. The van der Waals surface area contributed by atoms with Crippen molar-refractivity contribution in [1.82, 2.24) is 9.88 Å². The lowest BCUT2D eigenvalue weighted by molar-refractivity contribution is -0.158. The van der Waals surface area contributed by atoms with Gasteiger partial charge in [0.15, 0.2) is 6.10 Å². The van der Waals surface area contributed by atoms with Gasteiger partial charge in [-0.3, -0.25) is 4.79 Å². The number of morpholine rings is 1. The first-order valence-corrected chi connectivity index (χ1v) is 7.62. The summed E-state index contributed by atoms with van der Waals surface area (Å²) < 4.78 is 6.16. The van der Waals surface area contributed by atoms with E-state index in [9.17, 15) is 9.59 Å². The second-order valence-corrected chi connectivity index (χ2v) is 5.90. The van der Waals surface area contributed by atoms with E-state index in [1.807, 2.05) is 24.3 Å². The molecule has 6 nitrogen and oxygen atoms in total. The van der Waals surface area contributed by atoms with E-state index in [-0.39, 0.29) is 19.1 Å². The normalized spacial score (nSPS) is 18.9. The van der Waals surface area contributed by atoms with Crippen molar-refractivity contribution in [2.24, 2.45) is 0 Å². The van der Waals surface area contributed by atoms with Crippen LogP contribution < -0.4 is 0 Å². The van der Waals surface area contributed by atoms with E-state index in [1.54, 1.807) is 6.08 Å². The Balaban J connectivity index is 1.69. The van der Waals surface area contributed by atoms with Gasteiger partial charge in [-0.05, 0) is 18.2 Å². The summed E-state index contributed by atoms with van der Waals surface area (Å²) in [7, 11) is 0. The Kier molecular flexibility index (Phi) is 4.17. The zero-order valence-corrected chi connectivity index (χ0v) is 12.5. The average molecular weight is 318 g/mol. The van der Waals surface area contributed by atoms with E-state index in [2.05, 4.69) is 4.98 Å². The van der Waals surface area contributed by atoms with E-state index in [0.717, 1.165) is 15.2 Å². The van der Waals surface area contributed by atoms with Crippen molar-refractivity contribution in [2.75, 3.05) is 19.7 Å². The van der Waals surface area contributed by atoms with Crippen LogP contribution in [0.1, 0.15) is 5.01 Å². The molecule has 114 valence electrons. The van der Waals surface area contributed by atoms with Crippen LogP contribution in [0.3, 0.4) is 0 Å².